The number of amides is 3. The molecule has 0 aromatic heterocycles. The highest BCUT2D eigenvalue weighted by molar-refractivity contribution is 7.54. The maximum Gasteiger partial charge on any atom is 0.337 e. The zero-order valence-electron chi connectivity index (χ0n) is 48.1. The van der Waals surface area contributed by atoms with Gasteiger partial charge >= 0.3 is 19.4 Å². The van der Waals surface area contributed by atoms with Crippen molar-refractivity contribution in [3.63, 3.8) is 0 Å². The van der Waals surface area contributed by atoms with Crippen molar-refractivity contribution in [3.8, 4) is 0 Å². The summed E-state index contributed by atoms with van der Waals surface area (Å²) >= 11 is 9.53. The fourth-order valence-electron chi connectivity index (χ4n) is 9.34. The van der Waals surface area contributed by atoms with E-state index in [1.165, 1.54) is 100 Å². The Hall–Kier alpha value is -3.99. The van der Waals surface area contributed by atoms with Crippen molar-refractivity contribution in [1.82, 2.24) is 14.7 Å². The van der Waals surface area contributed by atoms with E-state index in [0.717, 1.165) is 122 Å². The predicted octanol–water partition coefficient (Wildman–Crippen LogP) is 14.4. The highest BCUT2D eigenvalue weighted by atomic mass is 35.5. The standard InChI is InChI=1S/C22H29F2NO2.C13H25NO2.C13H23NO2.C11H13F2O4P.CH2Cl2/c1-2-3-4-5-9-17-25-19(13-10-14-21(25)27)15-16-20(26)22(23,24)18-11-7-6-8-12-18;2*1-2-3-4-5-6-10-14-12(11-15)8-7-9-13(14)16;1-16-18(15,17-2)8-10(14)11(12,13)9-6-4-3-5-7-9;2-1-3/h6-8,11-12,15-16,19H,2-5,9-10,13-14,17H2,1H3;12,15H,2-11H2,1H3;11-12H,2-10H2,1H3;3-7H,8H2,1-2H3;1H2/b16-15+;;;;/t19-;2*12-;;/m111../s1. The van der Waals surface area contributed by atoms with E-state index in [9.17, 15) is 56.0 Å². The van der Waals surface area contributed by atoms with Crippen LogP contribution in [0.3, 0.4) is 0 Å². The maximum absolute atomic E-state index is 14.3. The Bertz CT molecular complexity index is 2120. The number of piperidine rings is 3. The second-order valence-corrected chi connectivity index (χ2v) is 23.1. The molecule has 454 valence electrons. The summed E-state index contributed by atoms with van der Waals surface area (Å²) < 4.78 is 76.8. The highest BCUT2D eigenvalue weighted by Gasteiger charge is 2.44. The number of hydrogen-bond donors (Lipinski definition) is 1. The third-order valence-electron chi connectivity index (χ3n) is 14.1. The molecule has 0 unspecified atom stereocenters. The lowest BCUT2D eigenvalue weighted by atomic mass is 9.98. The van der Waals surface area contributed by atoms with Crippen molar-refractivity contribution in [2.45, 2.75) is 205 Å². The number of alkyl halides is 6. The molecule has 2 aromatic rings. The number of unbranched alkanes of at least 4 members (excludes halogenated alkanes) is 12. The van der Waals surface area contributed by atoms with Crippen LogP contribution in [0, 0.1) is 0 Å². The Labute approximate surface area is 484 Å². The van der Waals surface area contributed by atoms with Crippen molar-refractivity contribution in [2.75, 3.05) is 52.0 Å². The van der Waals surface area contributed by atoms with E-state index < -0.39 is 42.7 Å². The van der Waals surface area contributed by atoms with E-state index in [4.69, 9.17) is 23.2 Å². The number of aldehydes is 1. The van der Waals surface area contributed by atoms with E-state index in [2.05, 4.69) is 29.8 Å². The van der Waals surface area contributed by atoms with Crippen molar-refractivity contribution in [1.29, 1.82) is 0 Å². The van der Waals surface area contributed by atoms with Crippen LogP contribution in [0.1, 0.15) is 186 Å². The summed E-state index contributed by atoms with van der Waals surface area (Å²) in [5.74, 6) is -9.56. The normalized spacial score (nSPS) is 17.7. The molecule has 20 heteroatoms. The Morgan fingerprint density at radius 1 is 0.613 bits per heavy atom. The lowest BCUT2D eigenvalue weighted by Gasteiger charge is -2.34. The Kier molecular flexibility index (Phi) is 39.6. The van der Waals surface area contributed by atoms with Gasteiger partial charge in [0.2, 0.25) is 29.3 Å². The number of aliphatic hydroxyl groups excluding tert-OH is 1. The molecule has 3 heterocycles. The first-order valence-electron chi connectivity index (χ1n) is 28.7. The number of rotatable bonds is 30. The second-order valence-electron chi connectivity index (χ2n) is 20.1. The Morgan fingerprint density at radius 2 is 0.988 bits per heavy atom. The number of halogens is 6. The number of nitrogens with zero attached hydrogens (tertiary/aromatic N) is 3. The maximum atomic E-state index is 14.3. The third kappa shape index (κ3) is 27.9. The molecular formula is C60H92Cl2F4N3O10P. The number of benzene rings is 2. The molecule has 80 heavy (non-hydrogen) atoms. The van der Waals surface area contributed by atoms with Crippen LogP contribution in [0.25, 0.3) is 0 Å². The van der Waals surface area contributed by atoms with Crippen LogP contribution in [0.15, 0.2) is 72.8 Å². The largest absolute Gasteiger partial charge is 0.394 e. The summed E-state index contributed by atoms with van der Waals surface area (Å²) in [5.41, 5.74) is -0.763. The zero-order chi connectivity index (χ0) is 59.8. The van der Waals surface area contributed by atoms with Gasteiger partial charge in [-0.3, -0.25) is 28.5 Å². The van der Waals surface area contributed by atoms with Crippen LogP contribution < -0.4 is 0 Å². The molecule has 3 aliphatic rings. The van der Waals surface area contributed by atoms with Gasteiger partial charge in [0.1, 0.15) is 12.4 Å². The molecule has 0 radical (unpaired) electrons. The Morgan fingerprint density at radius 3 is 1.40 bits per heavy atom. The molecule has 13 nitrogen and oxygen atoms in total. The first-order valence-corrected chi connectivity index (χ1v) is 31.5. The average Bonchev–Trinajstić information content (AvgIpc) is 3.46. The van der Waals surface area contributed by atoms with Gasteiger partial charge in [0.25, 0.3) is 0 Å². The van der Waals surface area contributed by atoms with Crippen LogP contribution in [-0.2, 0) is 54.2 Å². The van der Waals surface area contributed by atoms with E-state index in [-0.39, 0.29) is 53.4 Å². The molecule has 0 aliphatic carbocycles. The summed E-state index contributed by atoms with van der Waals surface area (Å²) in [5, 5.41) is 9.42. The molecule has 3 atom stereocenters. The van der Waals surface area contributed by atoms with E-state index in [0.29, 0.717) is 32.2 Å². The molecular weight excluding hydrogens is 1100 g/mol. The molecule has 3 saturated heterocycles. The summed E-state index contributed by atoms with van der Waals surface area (Å²) in [7, 11) is -1.70. The van der Waals surface area contributed by atoms with Gasteiger partial charge in [0.15, 0.2) is 0 Å². The number of carbonyl (C=O) groups excluding carboxylic acids is 6. The van der Waals surface area contributed by atoms with Crippen LogP contribution in [0.5, 0.6) is 0 Å². The van der Waals surface area contributed by atoms with Crippen LogP contribution in [0.4, 0.5) is 17.6 Å². The molecule has 0 spiro atoms. The minimum atomic E-state index is -3.78. The third-order valence-corrected chi connectivity index (χ3v) is 15.9. The predicted molar refractivity (Wildman–Crippen MR) is 310 cm³/mol. The monoisotopic (exact) mass is 1190 g/mol. The number of likely N-dealkylation sites (tertiary alicyclic amines) is 3. The molecule has 1 N–H and O–H groups in total. The van der Waals surface area contributed by atoms with Gasteiger partial charge < -0.3 is 33.6 Å². The highest BCUT2D eigenvalue weighted by Crippen LogP contribution is 2.48. The molecule has 0 bridgehead atoms. The summed E-state index contributed by atoms with van der Waals surface area (Å²) in [6, 6.07) is 13.4. The quantitative estimate of drug-likeness (QED) is 0.0198. The van der Waals surface area contributed by atoms with Gasteiger partial charge in [-0.1, -0.05) is 165 Å². The first-order chi connectivity index (χ1) is 38.3. The fourth-order valence-corrected chi connectivity index (χ4v) is 10.3. The lowest BCUT2D eigenvalue weighted by Crippen LogP contribution is -2.45. The lowest BCUT2D eigenvalue weighted by molar-refractivity contribution is -0.142. The number of aliphatic hydroxyl groups is 1. The van der Waals surface area contributed by atoms with Crippen LogP contribution in [0.2, 0.25) is 0 Å². The number of carbonyl (C=O) groups is 6. The topological polar surface area (TPSA) is 168 Å². The minimum absolute atomic E-state index is 0.0497. The molecule has 2 aromatic carbocycles. The zero-order valence-corrected chi connectivity index (χ0v) is 50.5. The van der Waals surface area contributed by atoms with Gasteiger partial charge in [-0.15, -0.1) is 23.2 Å². The second kappa shape index (κ2) is 42.8. The molecule has 3 aliphatic heterocycles. The number of Topliss-reactive ketones (excluding diaryl/α,β-unsaturated/α-hetero) is 1. The summed E-state index contributed by atoms with van der Waals surface area (Å²) in [6.45, 7) is 8.91. The number of hydrogen-bond acceptors (Lipinski definition) is 10. The SMILES string of the molecule is CCCCCCCN1C(=O)CCC[C@@H]1/C=C/C(=O)C(F)(F)c1ccccc1.CCCCCCCN1C(=O)CCC[C@@H]1C=O.CCCCCCCN1C(=O)CCC[C@@H]1CO.COP(=O)(CC(=O)C(F)(F)c1ccccc1)OC.ClCCl. The van der Waals surface area contributed by atoms with Crippen LogP contribution in [-0.4, -0.2) is 125 Å². The summed E-state index contributed by atoms with van der Waals surface area (Å²) in [6.07, 6.45) is 26.8. The van der Waals surface area contributed by atoms with Gasteiger partial charge in [0, 0.05) is 64.2 Å². The first kappa shape index (κ1) is 74.0. The van der Waals surface area contributed by atoms with Crippen molar-refractivity contribution < 1.29 is 65.0 Å². The molecule has 3 amide bonds. The van der Waals surface area contributed by atoms with E-state index >= 15 is 0 Å². The molecule has 5 rings (SSSR count). The van der Waals surface area contributed by atoms with Crippen molar-refractivity contribution >= 4 is 66.4 Å². The van der Waals surface area contributed by atoms with Gasteiger partial charge in [-0.2, -0.15) is 17.6 Å². The van der Waals surface area contributed by atoms with E-state index in [1.807, 2.05) is 4.90 Å². The number of ketones is 2. The molecule has 0 saturated carbocycles. The smallest absolute Gasteiger partial charge is 0.337 e. The van der Waals surface area contributed by atoms with E-state index in [1.54, 1.807) is 21.9 Å². The van der Waals surface area contributed by atoms with Crippen molar-refractivity contribution in [3.05, 3.63) is 83.9 Å². The van der Waals surface area contributed by atoms with Gasteiger partial charge in [-0.25, -0.2) is 0 Å². The van der Waals surface area contributed by atoms with Gasteiger partial charge in [0.05, 0.1) is 30.1 Å². The van der Waals surface area contributed by atoms with Crippen molar-refractivity contribution in [2.24, 2.45) is 0 Å². The van der Waals surface area contributed by atoms with Crippen LogP contribution >= 0.6 is 30.8 Å². The molecule has 3 fully saturated rings. The van der Waals surface area contributed by atoms with Gasteiger partial charge in [-0.05, 0) is 63.9 Å². The fraction of sp³-hybridized carbons (Fsp3) is 0.667. The minimum Gasteiger partial charge on any atom is -0.394 e. The summed E-state index contributed by atoms with van der Waals surface area (Å²) in [4.78, 5) is 75.5. The Balaban J connectivity index is 0.000000538. The average molecular weight is 1190 g/mol. The number of allylic oxidation sites excluding steroid dienone is 1.